The van der Waals surface area contributed by atoms with E-state index in [1.807, 2.05) is 0 Å². The first-order chi connectivity index (χ1) is 8.49. The normalized spacial score (nSPS) is 10.3. The monoisotopic (exact) mass is 247 g/mol. The zero-order valence-corrected chi connectivity index (χ0v) is 9.26. The molecule has 0 aliphatic heterocycles. The van der Waals surface area contributed by atoms with E-state index in [0.717, 1.165) is 6.07 Å². The van der Waals surface area contributed by atoms with Crippen LogP contribution in [0.3, 0.4) is 0 Å². The molecule has 18 heavy (non-hydrogen) atoms. The lowest BCUT2D eigenvalue weighted by Gasteiger charge is -2.06. The van der Waals surface area contributed by atoms with Gasteiger partial charge in [0.2, 0.25) is 0 Å². The number of nitro groups is 1. The Labute approximate surface area is 102 Å². The van der Waals surface area contributed by atoms with Crippen LogP contribution in [-0.2, 0) is 0 Å². The molecular formula is C12H10FN3O2. The number of halogens is 1. The highest BCUT2D eigenvalue weighted by Crippen LogP contribution is 2.33. The van der Waals surface area contributed by atoms with E-state index in [0.29, 0.717) is 0 Å². The minimum atomic E-state index is -0.608. The lowest BCUT2D eigenvalue weighted by atomic mass is 10.0. The van der Waals surface area contributed by atoms with Gasteiger partial charge in [0.05, 0.1) is 10.5 Å². The van der Waals surface area contributed by atoms with Crippen LogP contribution in [0.15, 0.2) is 36.4 Å². The van der Waals surface area contributed by atoms with E-state index in [1.54, 1.807) is 0 Å². The van der Waals surface area contributed by atoms with Crippen molar-refractivity contribution in [2.75, 3.05) is 11.5 Å². The molecule has 2 aromatic rings. The number of nitro benzene ring substituents is 1. The second-order valence-electron chi connectivity index (χ2n) is 3.77. The zero-order chi connectivity index (χ0) is 13.3. The van der Waals surface area contributed by atoms with Gasteiger partial charge in [-0.1, -0.05) is 0 Å². The van der Waals surface area contributed by atoms with Crippen LogP contribution in [0.1, 0.15) is 0 Å². The molecule has 6 heteroatoms. The number of benzene rings is 2. The first-order valence-corrected chi connectivity index (χ1v) is 5.08. The molecule has 0 aromatic heterocycles. The molecule has 0 atom stereocenters. The molecular weight excluding hydrogens is 237 g/mol. The first kappa shape index (κ1) is 11.8. The summed E-state index contributed by atoms with van der Waals surface area (Å²) in [7, 11) is 0. The average molecular weight is 247 g/mol. The molecule has 0 saturated carbocycles. The van der Waals surface area contributed by atoms with E-state index in [-0.39, 0.29) is 28.2 Å². The summed E-state index contributed by atoms with van der Waals surface area (Å²) in [5.74, 6) is -0.608. The molecule has 0 aliphatic carbocycles. The summed E-state index contributed by atoms with van der Waals surface area (Å²) < 4.78 is 13.7. The van der Waals surface area contributed by atoms with Gasteiger partial charge in [0.25, 0.3) is 5.69 Å². The highest BCUT2D eigenvalue weighted by molar-refractivity contribution is 5.77. The minimum Gasteiger partial charge on any atom is -0.399 e. The lowest BCUT2D eigenvalue weighted by molar-refractivity contribution is -0.384. The summed E-state index contributed by atoms with van der Waals surface area (Å²) in [6.45, 7) is 0. The molecule has 0 heterocycles. The Morgan fingerprint density at radius 3 is 2.11 bits per heavy atom. The van der Waals surface area contributed by atoms with Gasteiger partial charge >= 0.3 is 0 Å². The fourth-order valence-corrected chi connectivity index (χ4v) is 1.68. The molecule has 0 unspecified atom stereocenters. The fraction of sp³-hybridized carbons (Fsp3) is 0. The summed E-state index contributed by atoms with van der Waals surface area (Å²) in [5, 5.41) is 10.9. The van der Waals surface area contributed by atoms with E-state index in [9.17, 15) is 14.5 Å². The van der Waals surface area contributed by atoms with E-state index in [1.165, 1.54) is 30.3 Å². The first-order valence-electron chi connectivity index (χ1n) is 5.08. The van der Waals surface area contributed by atoms with Crippen LogP contribution in [0.2, 0.25) is 0 Å². The molecule has 2 aromatic carbocycles. The second-order valence-corrected chi connectivity index (χ2v) is 3.77. The van der Waals surface area contributed by atoms with Gasteiger partial charge in [-0.15, -0.1) is 0 Å². The molecule has 0 bridgehead atoms. The third kappa shape index (κ3) is 2.08. The zero-order valence-electron chi connectivity index (χ0n) is 9.26. The third-order valence-corrected chi connectivity index (χ3v) is 2.50. The summed E-state index contributed by atoms with van der Waals surface area (Å²) in [4.78, 5) is 10.3. The van der Waals surface area contributed by atoms with Crippen molar-refractivity contribution >= 4 is 17.1 Å². The Hall–Kier alpha value is -2.63. The van der Waals surface area contributed by atoms with Crippen LogP contribution in [0.4, 0.5) is 21.5 Å². The van der Waals surface area contributed by atoms with Gasteiger partial charge in [0.1, 0.15) is 5.82 Å². The molecule has 92 valence electrons. The van der Waals surface area contributed by atoms with Gasteiger partial charge in [-0.2, -0.15) is 0 Å². The summed E-state index contributed by atoms with van der Waals surface area (Å²) in [6, 6.07) is 8.11. The van der Waals surface area contributed by atoms with Gasteiger partial charge in [0, 0.05) is 23.0 Å². The summed E-state index contributed by atoms with van der Waals surface area (Å²) >= 11 is 0. The van der Waals surface area contributed by atoms with Gasteiger partial charge in [0.15, 0.2) is 0 Å². The van der Waals surface area contributed by atoms with Crippen LogP contribution in [0, 0.1) is 15.9 Å². The molecule has 2 rings (SSSR count). The predicted octanol–water partition coefficient (Wildman–Crippen LogP) is 2.57. The number of hydrogen-bond acceptors (Lipinski definition) is 4. The Balaban J connectivity index is 2.67. The number of nitrogen functional groups attached to an aromatic ring is 2. The van der Waals surface area contributed by atoms with Crippen LogP contribution in [-0.4, -0.2) is 4.92 Å². The Bertz CT molecular complexity index is 629. The quantitative estimate of drug-likeness (QED) is 0.484. The minimum absolute atomic E-state index is 0.121. The highest BCUT2D eigenvalue weighted by atomic mass is 19.1. The fourth-order valence-electron chi connectivity index (χ4n) is 1.68. The van der Waals surface area contributed by atoms with Gasteiger partial charge in [-0.05, 0) is 30.3 Å². The van der Waals surface area contributed by atoms with Crippen molar-refractivity contribution in [3.8, 4) is 11.1 Å². The van der Waals surface area contributed by atoms with Crippen LogP contribution in [0.25, 0.3) is 11.1 Å². The number of nitrogens with zero attached hydrogens (tertiary/aromatic N) is 1. The molecule has 0 spiro atoms. The van der Waals surface area contributed by atoms with Crippen molar-refractivity contribution < 1.29 is 9.31 Å². The van der Waals surface area contributed by atoms with E-state index >= 15 is 0 Å². The molecule has 4 N–H and O–H groups in total. The van der Waals surface area contributed by atoms with Crippen molar-refractivity contribution in [3.05, 3.63) is 52.3 Å². The average Bonchev–Trinajstić information content (AvgIpc) is 2.29. The number of anilines is 2. The van der Waals surface area contributed by atoms with Crippen LogP contribution < -0.4 is 11.5 Å². The van der Waals surface area contributed by atoms with Crippen molar-refractivity contribution in [2.45, 2.75) is 0 Å². The molecule has 0 aliphatic rings. The SMILES string of the molecule is Nc1ccc(-c2ccc(N)cc2[N+](=O)[O-])c(F)c1. The second kappa shape index (κ2) is 4.33. The Morgan fingerprint density at radius 2 is 1.56 bits per heavy atom. The third-order valence-electron chi connectivity index (χ3n) is 2.50. The summed E-state index contributed by atoms with van der Waals surface area (Å²) in [6.07, 6.45) is 0. The predicted molar refractivity (Wildman–Crippen MR) is 67.3 cm³/mol. The van der Waals surface area contributed by atoms with Crippen molar-refractivity contribution in [1.29, 1.82) is 0 Å². The largest absolute Gasteiger partial charge is 0.399 e. The van der Waals surface area contributed by atoms with E-state index in [2.05, 4.69) is 0 Å². The molecule has 5 nitrogen and oxygen atoms in total. The number of rotatable bonds is 2. The van der Waals surface area contributed by atoms with Crippen molar-refractivity contribution in [1.82, 2.24) is 0 Å². The van der Waals surface area contributed by atoms with Crippen molar-refractivity contribution in [2.24, 2.45) is 0 Å². The molecule has 0 amide bonds. The Morgan fingerprint density at radius 1 is 1.00 bits per heavy atom. The van der Waals surface area contributed by atoms with Gasteiger partial charge in [-0.3, -0.25) is 10.1 Å². The summed E-state index contributed by atoms with van der Waals surface area (Å²) in [5.41, 5.74) is 11.5. The molecule has 0 fully saturated rings. The van der Waals surface area contributed by atoms with Crippen LogP contribution in [0.5, 0.6) is 0 Å². The van der Waals surface area contributed by atoms with Crippen LogP contribution >= 0.6 is 0 Å². The van der Waals surface area contributed by atoms with E-state index in [4.69, 9.17) is 11.5 Å². The molecule has 0 saturated heterocycles. The Kier molecular flexibility index (Phi) is 2.85. The maximum absolute atomic E-state index is 13.7. The smallest absolute Gasteiger partial charge is 0.279 e. The lowest BCUT2D eigenvalue weighted by Crippen LogP contribution is -1.96. The van der Waals surface area contributed by atoms with E-state index < -0.39 is 10.7 Å². The number of nitrogens with two attached hydrogens (primary N) is 2. The maximum Gasteiger partial charge on any atom is 0.279 e. The standard InChI is InChI=1S/C12H10FN3O2/c13-11-5-7(14)1-3-9(11)10-4-2-8(15)6-12(10)16(17)18/h1-6H,14-15H2. The van der Waals surface area contributed by atoms with Gasteiger partial charge < -0.3 is 11.5 Å². The number of hydrogen-bond donors (Lipinski definition) is 2. The topological polar surface area (TPSA) is 95.2 Å². The van der Waals surface area contributed by atoms with Crippen molar-refractivity contribution in [3.63, 3.8) is 0 Å². The molecule has 0 radical (unpaired) electrons. The maximum atomic E-state index is 13.7. The highest BCUT2D eigenvalue weighted by Gasteiger charge is 2.18. The van der Waals surface area contributed by atoms with Gasteiger partial charge in [-0.25, -0.2) is 4.39 Å².